The number of hydrogen-bond acceptors (Lipinski definition) is 3. The van der Waals surface area contributed by atoms with E-state index in [-0.39, 0.29) is 17.9 Å². The van der Waals surface area contributed by atoms with Crippen LogP contribution in [0.5, 0.6) is 11.5 Å². The van der Waals surface area contributed by atoms with Crippen molar-refractivity contribution in [3.05, 3.63) is 87.9 Å². The lowest BCUT2D eigenvalue weighted by Crippen LogP contribution is -2.17. The lowest BCUT2D eigenvalue weighted by molar-refractivity contribution is -0.136. The van der Waals surface area contributed by atoms with Crippen LogP contribution in [0.15, 0.2) is 60.7 Å². The summed E-state index contributed by atoms with van der Waals surface area (Å²) in [6.07, 6.45) is -4.58. The van der Waals surface area contributed by atoms with Crippen LogP contribution in [-0.4, -0.2) is 12.5 Å². The molecule has 3 rings (SSSR count). The van der Waals surface area contributed by atoms with Crippen LogP contribution < -0.4 is 14.8 Å². The summed E-state index contributed by atoms with van der Waals surface area (Å²) in [4.78, 5) is 12.7. The molecule has 0 unspecified atom stereocenters. The number of aryl methyl sites for hydroxylation is 1. The first-order valence-electron chi connectivity index (χ1n) is 9.81. The average Bonchev–Trinajstić information content (AvgIpc) is 2.75. The highest BCUT2D eigenvalue weighted by Gasteiger charge is 2.33. The smallest absolute Gasteiger partial charge is 0.418 e. The lowest BCUT2D eigenvalue weighted by atomic mass is 10.1. The Labute approximate surface area is 188 Å². The van der Waals surface area contributed by atoms with Crippen LogP contribution in [0.1, 0.15) is 34.0 Å². The predicted octanol–water partition coefficient (Wildman–Crippen LogP) is 6.90. The monoisotopic (exact) mass is 463 g/mol. The maximum atomic E-state index is 13.2. The number of para-hydroxylation sites is 1. The number of ether oxygens (including phenoxy) is 2. The minimum absolute atomic E-state index is 0.0939. The van der Waals surface area contributed by atoms with Crippen molar-refractivity contribution in [2.75, 3.05) is 11.9 Å². The molecule has 32 heavy (non-hydrogen) atoms. The van der Waals surface area contributed by atoms with E-state index in [1.807, 2.05) is 13.8 Å². The van der Waals surface area contributed by atoms with Crippen LogP contribution in [-0.2, 0) is 12.8 Å². The molecule has 4 nitrogen and oxygen atoms in total. The number of carbonyl (C=O) groups excluding carboxylic acids is 1. The van der Waals surface area contributed by atoms with E-state index in [1.165, 1.54) is 24.3 Å². The van der Waals surface area contributed by atoms with Crippen molar-refractivity contribution in [2.45, 2.75) is 26.6 Å². The Morgan fingerprint density at radius 2 is 1.78 bits per heavy atom. The molecule has 0 saturated heterocycles. The van der Waals surface area contributed by atoms with Crippen molar-refractivity contribution >= 4 is 23.2 Å². The molecular formula is C24H21ClF3NO3. The molecule has 1 amide bonds. The van der Waals surface area contributed by atoms with E-state index in [1.54, 1.807) is 30.3 Å². The van der Waals surface area contributed by atoms with Crippen LogP contribution >= 0.6 is 11.6 Å². The summed E-state index contributed by atoms with van der Waals surface area (Å²) >= 11 is 6.04. The summed E-state index contributed by atoms with van der Waals surface area (Å²) in [5.74, 6) is 0.432. The Hall–Kier alpha value is -3.19. The van der Waals surface area contributed by atoms with Crippen molar-refractivity contribution < 1.29 is 27.4 Å². The van der Waals surface area contributed by atoms with Crippen LogP contribution in [0.4, 0.5) is 18.9 Å². The molecule has 0 atom stereocenters. The molecule has 0 radical (unpaired) electrons. The molecule has 0 aromatic heterocycles. The molecule has 0 spiro atoms. The van der Waals surface area contributed by atoms with Gasteiger partial charge in [0.1, 0.15) is 18.1 Å². The first kappa shape index (κ1) is 23.5. The Kier molecular flexibility index (Phi) is 7.30. The molecule has 3 aromatic carbocycles. The Morgan fingerprint density at radius 1 is 1.03 bits per heavy atom. The maximum Gasteiger partial charge on any atom is 0.418 e. The molecular weight excluding hydrogens is 443 g/mol. The van der Waals surface area contributed by atoms with E-state index >= 15 is 0 Å². The van der Waals surface area contributed by atoms with Gasteiger partial charge in [0, 0.05) is 16.1 Å². The highest BCUT2D eigenvalue weighted by atomic mass is 35.5. The third-order valence-electron chi connectivity index (χ3n) is 4.63. The molecule has 0 fully saturated rings. The summed E-state index contributed by atoms with van der Waals surface area (Å²) in [5.41, 5.74) is 0.382. The fourth-order valence-electron chi connectivity index (χ4n) is 3.03. The number of hydrogen-bond donors (Lipinski definition) is 1. The Balaban J connectivity index is 1.83. The second-order valence-electron chi connectivity index (χ2n) is 6.95. The van der Waals surface area contributed by atoms with Gasteiger partial charge in [0.15, 0.2) is 0 Å². The first-order valence-corrected chi connectivity index (χ1v) is 10.2. The predicted molar refractivity (Wildman–Crippen MR) is 118 cm³/mol. The Bertz CT molecular complexity index is 1120. The van der Waals surface area contributed by atoms with E-state index < -0.39 is 17.6 Å². The van der Waals surface area contributed by atoms with Gasteiger partial charge in [-0.1, -0.05) is 23.7 Å². The van der Waals surface area contributed by atoms with Crippen LogP contribution in [0, 0.1) is 6.92 Å². The van der Waals surface area contributed by atoms with Crippen LogP contribution in [0.25, 0.3) is 0 Å². The average molecular weight is 464 g/mol. The van der Waals surface area contributed by atoms with Gasteiger partial charge in [-0.25, -0.2) is 0 Å². The fraction of sp³-hybridized carbons (Fsp3) is 0.208. The highest BCUT2D eigenvalue weighted by Crippen LogP contribution is 2.35. The van der Waals surface area contributed by atoms with Crippen LogP contribution in [0.3, 0.4) is 0 Å². The van der Waals surface area contributed by atoms with Gasteiger partial charge in [0.2, 0.25) is 0 Å². The van der Waals surface area contributed by atoms with Crippen molar-refractivity contribution in [1.82, 2.24) is 0 Å². The lowest BCUT2D eigenvalue weighted by Gasteiger charge is -2.15. The summed E-state index contributed by atoms with van der Waals surface area (Å²) < 4.78 is 51.1. The number of anilines is 1. The molecule has 3 aromatic rings. The third kappa shape index (κ3) is 5.73. The zero-order valence-electron chi connectivity index (χ0n) is 17.4. The molecule has 0 bridgehead atoms. The molecule has 0 aliphatic rings. The van der Waals surface area contributed by atoms with E-state index in [0.29, 0.717) is 28.7 Å². The molecule has 0 heterocycles. The number of alkyl halides is 3. The van der Waals surface area contributed by atoms with Gasteiger partial charge in [0.05, 0.1) is 17.9 Å². The number of rotatable bonds is 7. The summed E-state index contributed by atoms with van der Waals surface area (Å²) in [6, 6.07) is 14.7. The van der Waals surface area contributed by atoms with Gasteiger partial charge in [-0.15, -0.1) is 0 Å². The second-order valence-corrected chi connectivity index (χ2v) is 7.36. The number of halogens is 4. The van der Waals surface area contributed by atoms with Crippen LogP contribution in [0.2, 0.25) is 5.02 Å². The molecule has 1 N–H and O–H groups in total. The van der Waals surface area contributed by atoms with E-state index in [0.717, 1.165) is 11.6 Å². The Morgan fingerprint density at radius 3 is 2.47 bits per heavy atom. The zero-order valence-corrected chi connectivity index (χ0v) is 18.2. The van der Waals surface area contributed by atoms with E-state index in [9.17, 15) is 18.0 Å². The molecule has 0 saturated carbocycles. The molecule has 0 aliphatic heterocycles. The number of nitrogens with one attached hydrogen (secondary N) is 1. The minimum atomic E-state index is -4.58. The fourth-order valence-corrected chi connectivity index (χ4v) is 3.15. The SMILES string of the molecule is CCOc1ccc(C(=O)Nc2ccccc2C(F)(F)F)cc1COc1ccc(Cl)c(C)c1. The highest BCUT2D eigenvalue weighted by molar-refractivity contribution is 6.31. The van der Waals surface area contributed by atoms with Crippen molar-refractivity contribution in [2.24, 2.45) is 0 Å². The van der Waals surface area contributed by atoms with Gasteiger partial charge in [-0.3, -0.25) is 4.79 Å². The largest absolute Gasteiger partial charge is 0.493 e. The normalized spacial score (nSPS) is 11.2. The third-order valence-corrected chi connectivity index (χ3v) is 5.05. The van der Waals surface area contributed by atoms with Gasteiger partial charge in [-0.05, 0) is 67.9 Å². The maximum absolute atomic E-state index is 13.2. The summed E-state index contributed by atoms with van der Waals surface area (Å²) in [5, 5.41) is 2.96. The standard InChI is InChI=1S/C24H21ClF3NO3/c1-3-31-22-11-8-16(13-17(22)14-32-18-9-10-20(25)15(2)12-18)23(30)29-21-7-5-4-6-19(21)24(26,27)28/h4-13H,3,14H2,1-2H3,(H,29,30). The van der Waals surface area contributed by atoms with Gasteiger partial charge < -0.3 is 14.8 Å². The summed E-state index contributed by atoms with van der Waals surface area (Å²) in [6.45, 7) is 4.17. The molecule has 8 heteroatoms. The number of carbonyl (C=O) groups is 1. The zero-order chi connectivity index (χ0) is 23.3. The summed E-state index contributed by atoms with van der Waals surface area (Å²) in [7, 11) is 0. The van der Waals surface area contributed by atoms with Gasteiger partial charge in [-0.2, -0.15) is 13.2 Å². The first-order chi connectivity index (χ1) is 15.2. The van der Waals surface area contributed by atoms with Crippen molar-refractivity contribution in [3.8, 4) is 11.5 Å². The van der Waals surface area contributed by atoms with E-state index in [2.05, 4.69) is 5.32 Å². The minimum Gasteiger partial charge on any atom is -0.493 e. The van der Waals surface area contributed by atoms with Gasteiger partial charge in [0.25, 0.3) is 5.91 Å². The van der Waals surface area contributed by atoms with E-state index in [4.69, 9.17) is 21.1 Å². The van der Waals surface area contributed by atoms with Crippen molar-refractivity contribution in [3.63, 3.8) is 0 Å². The van der Waals surface area contributed by atoms with Gasteiger partial charge >= 0.3 is 6.18 Å². The topological polar surface area (TPSA) is 47.6 Å². The molecule has 0 aliphatic carbocycles. The van der Waals surface area contributed by atoms with Crippen molar-refractivity contribution in [1.29, 1.82) is 0 Å². The quantitative estimate of drug-likeness (QED) is 0.414. The second kappa shape index (κ2) is 9.96. The molecule has 168 valence electrons. The number of benzene rings is 3. The number of amides is 1.